The number of anilines is 2. The molecule has 0 spiro atoms. The van der Waals surface area contributed by atoms with Crippen molar-refractivity contribution in [2.45, 2.75) is 38.1 Å². The van der Waals surface area contributed by atoms with Gasteiger partial charge in [0.15, 0.2) is 6.29 Å². The van der Waals surface area contributed by atoms with Crippen molar-refractivity contribution in [2.24, 2.45) is 7.05 Å². The van der Waals surface area contributed by atoms with Gasteiger partial charge in [0.1, 0.15) is 23.2 Å². The van der Waals surface area contributed by atoms with Crippen LogP contribution in [-0.4, -0.2) is 49.9 Å². The number of benzene rings is 2. The molecule has 0 saturated heterocycles. The van der Waals surface area contributed by atoms with Gasteiger partial charge >= 0.3 is 0 Å². The van der Waals surface area contributed by atoms with Gasteiger partial charge in [0.25, 0.3) is 5.91 Å². The van der Waals surface area contributed by atoms with Crippen molar-refractivity contribution in [3.63, 3.8) is 0 Å². The van der Waals surface area contributed by atoms with Crippen molar-refractivity contribution in [3.05, 3.63) is 91.2 Å². The van der Waals surface area contributed by atoms with Crippen molar-refractivity contribution >= 4 is 34.7 Å². The molecule has 1 aliphatic carbocycles. The molecule has 5 aromatic rings. The molecule has 11 nitrogen and oxygen atoms in total. The summed E-state index contributed by atoms with van der Waals surface area (Å²) in [7, 11) is 3.86. The van der Waals surface area contributed by atoms with Gasteiger partial charge in [-0.3, -0.25) is 14.3 Å². The van der Waals surface area contributed by atoms with Crippen LogP contribution >= 0.6 is 0 Å². The van der Waals surface area contributed by atoms with E-state index in [4.69, 9.17) is 14.9 Å². The fourth-order valence-electron chi connectivity index (χ4n) is 5.68. The molecule has 0 bridgehead atoms. The van der Waals surface area contributed by atoms with E-state index in [0.29, 0.717) is 46.3 Å². The number of furan rings is 1. The lowest BCUT2D eigenvalue weighted by molar-refractivity contribution is -0.115. The number of aldehydes is 1. The predicted molar refractivity (Wildman–Crippen MR) is 177 cm³/mol. The van der Waals surface area contributed by atoms with Crippen LogP contribution in [0.15, 0.2) is 95.6 Å². The van der Waals surface area contributed by atoms with E-state index in [1.807, 2.05) is 50.8 Å². The highest BCUT2D eigenvalue weighted by Gasteiger charge is 2.24. The first-order chi connectivity index (χ1) is 22.4. The number of ether oxygens (including phenoxy) is 1. The molecular formula is C35H35N7O4. The second kappa shape index (κ2) is 13.5. The molecule has 46 heavy (non-hydrogen) atoms. The topological polar surface area (TPSA) is 141 Å². The standard InChI is InChI=1S/C35H35N7O4/c1-41(28-11-4-3-5-12-28)17-7-9-24(21-43)33(44)40-27-13-15-29(16-14-27)45-34-31-30(23-8-6-10-26(36)18-23)32(25-19-39-42(2)20-25)46-35(31)38-22-37-34/h6-10,13-22,28H,3-5,11-12,36H2,1-2H3,(H,40,44)/b17-7-,24-9+. The van der Waals surface area contributed by atoms with Crippen LogP contribution in [0.25, 0.3) is 33.6 Å². The largest absolute Gasteiger partial charge is 0.438 e. The summed E-state index contributed by atoms with van der Waals surface area (Å²) in [5, 5.41) is 7.65. The summed E-state index contributed by atoms with van der Waals surface area (Å²) in [4.78, 5) is 35.5. The summed E-state index contributed by atoms with van der Waals surface area (Å²) >= 11 is 0. The maximum atomic E-state index is 12.8. The quantitative estimate of drug-likeness (QED) is 0.0448. The Bertz CT molecular complexity index is 1920. The highest BCUT2D eigenvalue weighted by Crippen LogP contribution is 2.44. The number of amides is 1. The van der Waals surface area contributed by atoms with Gasteiger partial charge in [0.05, 0.1) is 17.3 Å². The van der Waals surface area contributed by atoms with E-state index in [9.17, 15) is 9.59 Å². The Labute approximate surface area is 266 Å². The molecule has 3 N–H and O–H groups in total. The number of aromatic nitrogens is 4. The summed E-state index contributed by atoms with van der Waals surface area (Å²) < 4.78 is 14.2. The van der Waals surface area contributed by atoms with Gasteiger partial charge in [-0.25, -0.2) is 9.97 Å². The summed E-state index contributed by atoms with van der Waals surface area (Å²) in [6.45, 7) is 0. The van der Waals surface area contributed by atoms with Gasteiger partial charge < -0.3 is 25.1 Å². The fourth-order valence-corrected chi connectivity index (χ4v) is 5.68. The molecule has 1 fully saturated rings. The van der Waals surface area contributed by atoms with Gasteiger partial charge in [-0.1, -0.05) is 31.4 Å². The lowest BCUT2D eigenvalue weighted by atomic mass is 9.95. The van der Waals surface area contributed by atoms with Crippen LogP contribution in [0.3, 0.4) is 0 Å². The van der Waals surface area contributed by atoms with Crippen molar-refractivity contribution < 1.29 is 18.7 Å². The molecule has 11 heteroatoms. The molecule has 1 amide bonds. The van der Waals surface area contributed by atoms with E-state index in [-0.39, 0.29) is 11.5 Å². The first-order valence-corrected chi connectivity index (χ1v) is 15.2. The van der Waals surface area contributed by atoms with Crippen LogP contribution in [0.1, 0.15) is 32.1 Å². The van der Waals surface area contributed by atoms with Crippen molar-refractivity contribution in [1.82, 2.24) is 24.6 Å². The number of nitrogen functional groups attached to an aromatic ring is 1. The van der Waals surface area contributed by atoms with Gasteiger partial charge in [0, 0.05) is 43.3 Å². The monoisotopic (exact) mass is 617 g/mol. The highest BCUT2D eigenvalue weighted by atomic mass is 16.5. The third-order valence-corrected chi connectivity index (χ3v) is 8.06. The number of nitrogens with two attached hydrogens (primary N) is 1. The summed E-state index contributed by atoms with van der Waals surface area (Å²) in [6.07, 6.45) is 16.7. The van der Waals surface area contributed by atoms with Gasteiger partial charge in [-0.15, -0.1) is 0 Å². The van der Waals surface area contributed by atoms with E-state index in [0.717, 1.165) is 29.5 Å². The van der Waals surface area contributed by atoms with Crippen LogP contribution < -0.4 is 15.8 Å². The Morgan fingerprint density at radius 1 is 1.11 bits per heavy atom. The molecule has 3 aromatic heterocycles. The number of rotatable bonds is 10. The van der Waals surface area contributed by atoms with E-state index in [1.165, 1.54) is 31.7 Å². The number of hydrogen-bond acceptors (Lipinski definition) is 9. The van der Waals surface area contributed by atoms with Gasteiger partial charge in [0.2, 0.25) is 11.6 Å². The molecule has 0 aliphatic heterocycles. The maximum absolute atomic E-state index is 12.8. The Kier molecular flexibility index (Phi) is 8.91. The smallest absolute Gasteiger partial charge is 0.258 e. The number of aryl methyl sites for hydroxylation is 1. The van der Waals surface area contributed by atoms with Crippen LogP contribution in [0.4, 0.5) is 11.4 Å². The number of nitrogens with zero attached hydrogens (tertiary/aromatic N) is 5. The van der Waals surface area contributed by atoms with Gasteiger partial charge in [-0.05, 0) is 73.2 Å². The molecule has 1 aliphatic rings. The summed E-state index contributed by atoms with van der Waals surface area (Å²) in [6, 6.07) is 14.7. The second-order valence-electron chi connectivity index (χ2n) is 11.3. The first kappa shape index (κ1) is 30.3. The highest BCUT2D eigenvalue weighted by molar-refractivity contribution is 6.16. The number of allylic oxidation sites excluding steroid dienone is 2. The molecule has 1 saturated carbocycles. The predicted octanol–water partition coefficient (Wildman–Crippen LogP) is 6.51. The molecule has 0 radical (unpaired) electrons. The molecule has 234 valence electrons. The number of carbonyl (C=O) groups is 2. The summed E-state index contributed by atoms with van der Waals surface area (Å²) in [5.41, 5.74) is 9.90. The van der Waals surface area contributed by atoms with E-state index in [1.54, 1.807) is 41.2 Å². The SMILES string of the molecule is CN(/C=C\C=C(/C=O)C(=O)Nc1ccc(Oc2ncnc3oc(-c4cnn(C)c4)c(-c4cccc(N)c4)c23)cc1)C1CCCCC1. The van der Waals surface area contributed by atoms with E-state index < -0.39 is 5.91 Å². The van der Waals surface area contributed by atoms with Gasteiger partial charge in [-0.2, -0.15) is 5.10 Å². The average Bonchev–Trinajstić information content (AvgIpc) is 3.68. The molecule has 2 aromatic carbocycles. The van der Waals surface area contributed by atoms with Crippen LogP contribution in [0.2, 0.25) is 0 Å². The van der Waals surface area contributed by atoms with E-state index >= 15 is 0 Å². The minimum Gasteiger partial charge on any atom is -0.438 e. The third-order valence-electron chi connectivity index (χ3n) is 8.06. The maximum Gasteiger partial charge on any atom is 0.258 e. The number of fused-ring (bicyclic) bond motifs is 1. The number of carbonyl (C=O) groups excluding carboxylic acids is 2. The Morgan fingerprint density at radius 3 is 2.63 bits per heavy atom. The lowest BCUT2D eigenvalue weighted by Crippen LogP contribution is -2.28. The normalized spacial score (nSPS) is 14.1. The average molecular weight is 618 g/mol. The van der Waals surface area contributed by atoms with E-state index in [2.05, 4.69) is 25.3 Å². The Morgan fingerprint density at radius 2 is 1.91 bits per heavy atom. The van der Waals surface area contributed by atoms with Crippen LogP contribution in [-0.2, 0) is 16.6 Å². The number of hydrogen-bond donors (Lipinski definition) is 2. The lowest BCUT2D eigenvalue weighted by Gasteiger charge is -2.30. The third kappa shape index (κ3) is 6.68. The van der Waals surface area contributed by atoms with Crippen LogP contribution in [0, 0.1) is 0 Å². The van der Waals surface area contributed by atoms with Crippen molar-refractivity contribution in [3.8, 4) is 34.1 Å². The zero-order valence-electron chi connectivity index (χ0n) is 25.7. The van der Waals surface area contributed by atoms with Crippen molar-refractivity contribution in [1.29, 1.82) is 0 Å². The second-order valence-corrected chi connectivity index (χ2v) is 11.3. The van der Waals surface area contributed by atoms with Crippen LogP contribution in [0.5, 0.6) is 11.6 Å². The summed E-state index contributed by atoms with van der Waals surface area (Å²) in [5.74, 6) is 0.820. The first-order valence-electron chi connectivity index (χ1n) is 15.2. The molecular weight excluding hydrogens is 582 g/mol. The minimum atomic E-state index is -0.501. The van der Waals surface area contributed by atoms with Crippen molar-refractivity contribution in [2.75, 3.05) is 18.1 Å². The minimum absolute atomic E-state index is 0.0236. The molecule has 3 heterocycles. The zero-order valence-corrected chi connectivity index (χ0v) is 25.7. The molecule has 0 unspecified atom stereocenters. The Balaban J connectivity index is 1.21. The number of nitrogens with one attached hydrogen (secondary N) is 1. The molecule has 0 atom stereocenters. The Hall–Kier alpha value is -5.71. The fraction of sp³-hybridized carbons (Fsp3) is 0.229. The molecule has 6 rings (SSSR count). The zero-order chi connectivity index (χ0) is 32.0.